The van der Waals surface area contributed by atoms with E-state index < -0.39 is 11.7 Å². The van der Waals surface area contributed by atoms with E-state index in [4.69, 9.17) is 18.0 Å². The first-order valence-electron chi connectivity index (χ1n) is 5.43. The fraction of sp³-hybridized carbons (Fsp3) is 0.167. The van der Waals surface area contributed by atoms with Crippen molar-refractivity contribution in [1.82, 2.24) is 9.78 Å². The summed E-state index contributed by atoms with van der Waals surface area (Å²) in [6.07, 6.45) is -0.903. The number of nitrogens with zero attached hydrogens (tertiary/aromatic N) is 2. The normalized spacial score (nSPS) is 11.6. The van der Waals surface area contributed by atoms with Crippen molar-refractivity contribution >= 4 is 29.0 Å². The molecule has 2 rings (SSSR count). The Morgan fingerprint density at radius 2 is 2.10 bits per heavy atom. The molecule has 0 saturated heterocycles. The third-order valence-corrected chi connectivity index (χ3v) is 3.61. The fourth-order valence-corrected chi connectivity index (χ4v) is 2.64. The lowest BCUT2D eigenvalue weighted by Crippen LogP contribution is -2.15. The van der Waals surface area contributed by atoms with Gasteiger partial charge in [-0.3, -0.25) is 0 Å². The largest absolute Gasteiger partial charge is 0.419 e. The zero-order chi connectivity index (χ0) is 14.9. The van der Waals surface area contributed by atoms with Gasteiger partial charge in [0.25, 0.3) is 0 Å². The van der Waals surface area contributed by atoms with Crippen molar-refractivity contribution in [3.8, 4) is 5.69 Å². The van der Waals surface area contributed by atoms with Crippen molar-refractivity contribution < 1.29 is 13.2 Å². The Bertz CT molecular complexity index is 650. The Hall–Kier alpha value is -1.54. The van der Waals surface area contributed by atoms with E-state index in [-0.39, 0.29) is 4.99 Å². The molecule has 0 unspecified atom stereocenters. The molecule has 3 nitrogen and oxygen atoms in total. The van der Waals surface area contributed by atoms with Crippen molar-refractivity contribution in [3.05, 3.63) is 41.7 Å². The number of hydrogen-bond acceptors (Lipinski definition) is 3. The van der Waals surface area contributed by atoms with Gasteiger partial charge in [-0.15, -0.1) is 11.8 Å². The maximum Gasteiger partial charge on any atom is 0.419 e. The fourth-order valence-electron chi connectivity index (χ4n) is 1.73. The number of thioether (sulfide) groups is 1. The van der Waals surface area contributed by atoms with Crippen LogP contribution in [-0.2, 0) is 6.18 Å². The van der Waals surface area contributed by atoms with Gasteiger partial charge in [-0.2, -0.15) is 18.3 Å². The number of nitrogens with two attached hydrogens (primary N) is 1. The van der Waals surface area contributed by atoms with Crippen molar-refractivity contribution in [2.45, 2.75) is 11.1 Å². The molecule has 0 saturated carbocycles. The van der Waals surface area contributed by atoms with E-state index in [2.05, 4.69) is 5.10 Å². The number of benzene rings is 1. The van der Waals surface area contributed by atoms with E-state index in [1.54, 1.807) is 18.2 Å². The molecule has 2 N–H and O–H groups in total. The molecular formula is C12H10F3N3S2. The summed E-state index contributed by atoms with van der Waals surface area (Å²) in [6, 6.07) is 5.15. The lowest BCUT2D eigenvalue weighted by molar-refractivity contribution is -0.137. The van der Waals surface area contributed by atoms with Gasteiger partial charge < -0.3 is 5.73 Å². The van der Waals surface area contributed by atoms with Crippen molar-refractivity contribution in [3.63, 3.8) is 0 Å². The quantitative estimate of drug-likeness (QED) is 0.697. The molecule has 0 aliphatic rings. The van der Waals surface area contributed by atoms with Crippen LogP contribution in [-0.4, -0.2) is 21.0 Å². The number of aromatic nitrogens is 2. The van der Waals surface area contributed by atoms with Gasteiger partial charge in [0.1, 0.15) is 4.99 Å². The van der Waals surface area contributed by atoms with Gasteiger partial charge in [0.05, 0.1) is 17.4 Å². The van der Waals surface area contributed by atoms with Crippen LogP contribution in [0.3, 0.4) is 0 Å². The lowest BCUT2D eigenvalue weighted by atomic mass is 10.1. The summed E-state index contributed by atoms with van der Waals surface area (Å²) in [5, 5.41) is 3.74. The highest BCUT2D eigenvalue weighted by Crippen LogP contribution is 2.31. The SMILES string of the molecule is CSc1cccc(-n2cc(C(F)(F)F)cn2)c1C(N)=S. The Kier molecular flexibility index (Phi) is 4.05. The molecule has 0 amide bonds. The van der Waals surface area contributed by atoms with Gasteiger partial charge in [-0.25, -0.2) is 4.68 Å². The van der Waals surface area contributed by atoms with Gasteiger partial charge >= 0.3 is 6.18 Å². The molecule has 1 aromatic heterocycles. The molecule has 0 bridgehead atoms. The van der Waals surface area contributed by atoms with Gasteiger partial charge in [-0.1, -0.05) is 18.3 Å². The number of hydrogen-bond donors (Lipinski definition) is 1. The molecule has 0 spiro atoms. The van der Waals surface area contributed by atoms with E-state index in [0.29, 0.717) is 11.3 Å². The first-order valence-corrected chi connectivity index (χ1v) is 7.07. The standard InChI is InChI=1S/C12H10F3N3S2/c1-20-9-4-2-3-8(10(9)11(16)19)18-6-7(5-17-18)12(13,14)15/h2-6H,1H3,(H2,16,19). The smallest absolute Gasteiger partial charge is 0.389 e. The third-order valence-electron chi connectivity index (χ3n) is 2.63. The molecule has 2 aromatic rings. The zero-order valence-electron chi connectivity index (χ0n) is 10.3. The molecule has 106 valence electrons. The van der Waals surface area contributed by atoms with Gasteiger partial charge in [0.2, 0.25) is 0 Å². The third kappa shape index (κ3) is 2.80. The van der Waals surface area contributed by atoms with Crippen LogP contribution in [0.15, 0.2) is 35.5 Å². The van der Waals surface area contributed by atoms with Gasteiger partial charge in [0, 0.05) is 16.7 Å². The number of thiocarbonyl (C=S) groups is 1. The Morgan fingerprint density at radius 3 is 2.60 bits per heavy atom. The van der Waals surface area contributed by atoms with E-state index in [0.717, 1.165) is 22.0 Å². The molecule has 1 heterocycles. The minimum Gasteiger partial charge on any atom is -0.389 e. The number of halogens is 3. The molecule has 0 atom stereocenters. The van der Waals surface area contributed by atoms with Crippen LogP contribution in [0.1, 0.15) is 11.1 Å². The second-order valence-corrected chi connectivity index (χ2v) is 5.18. The summed E-state index contributed by atoms with van der Waals surface area (Å²) in [4.78, 5) is 0.910. The summed E-state index contributed by atoms with van der Waals surface area (Å²) in [5.74, 6) is 0. The van der Waals surface area contributed by atoms with Crippen LogP contribution >= 0.6 is 24.0 Å². The number of alkyl halides is 3. The summed E-state index contributed by atoms with van der Waals surface area (Å²) in [6.45, 7) is 0. The van der Waals surface area contributed by atoms with Crippen LogP contribution < -0.4 is 5.73 Å². The summed E-state index contributed by atoms with van der Waals surface area (Å²) < 4.78 is 39.0. The predicted molar refractivity (Wildman–Crippen MR) is 76.2 cm³/mol. The van der Waals surface area contributed by atoms with Gasteiger partial charge in [0.15, 0.2) is 0 Å². The highest BCUT2D eigenvalue weighted by molar-refractivity contribution is 7.98. The first kappa shape index (κ1) is 14.9. The van der Waals surface area contributed by atoms with Crippen LogP contribution in [0, 0.1) is 0 Å². The molecule has 0 fully saturated rings. The molecule has 20 heavy (non-hydrogen) atoms. The second-order valence-electron chi connectivity index (χ2n) is 3.89. The van der Waals surface area contributed by atoms with Crippen LogP contribution in [0.2, 0.25) is 0 Å². The van der Waals surface area contributed by atoms with Crippen molar-refractivity contribution in [2.24, 2.45) is 5.73 Å². The highest BCUT2D eigenvalue weighted by Gasteiger charge is 2.32. The minimum atomic E-state index is -4.43. The monoisotopic (exact) mass is 317 g/mol. The topological polar surface area (TPSA) is 43.8 Å². The molecule has 0 aliphatic heterocycles. The molecule has 0 radical (unpaired) electrons. The average molecular weight is 317 g/mol. The summed E-state index contributed by atoms with van der Waals surface area (Å²) in [5.41, 5.74) is 5.81. The maximum absolute atomic E-state index is 12.6. The van der Waals surface area contributed by atoms with Gasteiger partial charge in [-0.05, 0) is 18.4 Å². The van der Waals surface area contributed by atoms with Crippen molar-refractivity contribution in [2.75, 3.05) is 6.26 Å². The second kappa shape index (κ2) is 5.45. The van der Waals surface area contributed by atoms with E-state index in [1.165, 1.54) is 11.8 Å². The lowest BCUT2D eigenvalue weighted by Gasteiger charge is -2.12. The van der Waals surface area contributed by atoms with E-state index >= 15 is 0 Å². The average Bonchev–Trinajstić information content (AvgIpc) is 2.86. The van der Waals surface area contributed by atoms with Crippen molar-refractivity contribution in [1.29, 1.82) is 0 Å². The molecule has 0 aliphatic carbocycles. The zero-order valence-corrected chi connectivity index (χ0v) is 11.9. The Morgan fingerprint density at radius 1 is 1.40 bits per heavy atom. The molecular weight excluding hydrogens is 307 g/mol. The predicted octanol–water partition coefficient (Wildman–Crippen LogP) is 3.25. The molecule has 1 aromatic carbocycles. The van der Waals surface area contributed by atoms with Crippen LogP contribution in [0.4, 0.5) is 13.2 Å². The first-order chi connectivity index (χ1) is 9.34. The van der Waals surface area contributed by atoms with E-state index in [9.17, 15) is 13.2 Å². The highest BCUT2D eigenvalue weighted by atomic mass is 32.2. The summed E-state index contributed by atoms with van der Waals surface area (Å²) in [7, 11) is 0. The minimum absolute atomic E-state index is 0.119. The Labute approximate surface area is 123 Å². The van der Waals surface area contributed by atoms with Crippen LogP contribution in [0.5, 0.6) is 0 Å². The molecule has 8 heteroatoms. The summed E-state index contributed by atoms with van der Waals surface area (Å²) >= 11 is 6.40. The Balaban J connectivity index is 2.58. The number of rotatable bonds is 3. The van der Waals surface area contributed by atoms with Crippen LogP contribution in [0.25, 0.3) is 5.69 Å². The maximum atomic E-state index is 12.6. The van der Waals surface area contributed by atoms with E-state index in [1.807, 2.05) is 6.26 Å².